The van der Waals surface area contributed by atoms with Crippen molar-refractivity contribution < 1.29 is 23.1 Å². The highest BCUT2D eigenvalue weighted by Gasteiger charge is 2.26. The third-order valence-corrected chi connectivity index (χ3v) is 6.62. The topological polar surface area (TPSA) is 76.5 Å². The number of carbonyl (C=O) groups excluding carboxylic acids is 2. The highest BCUT2D eigenvalue weighted by atomic mass is 79.9. The van der Waals surface area contributed by atoms with Gasteiger partial charge in [0.25, 0.3) is 11.8 Å². The fourth-order valence-corrected chi connectivity index (χ4v) is 4.75. The summed E-state index contributed by atoms with van der Waals surface area (Å²) >= 11 is 3.51. The van der Waals surface area contributed by atoms with E-state index in [1.54, 1.807) is 16.9 Å². The molecular formula is C26H27BrF2N4O3. The van der Waals surface area contributed by atoms with Crippen LogP contribution in [0.4, 0.5) is 14.5 Å². The summed E-state index contributed by atoms with van der Waals surface area (Å²) in [5.74, 6) is -0.434. The van der Waals surface area contributed by atoms with Crippen molar-refractivity contribution in [1.82, 2.24) is 14.7 Å². The SMILES string of the molecule is CC(C)c1cc(Br)cc(C(=O)N2CCC(n3cc(NC(=O)c4ccccc4OC(F)F)cn3)CC2)c1. The van der Waals surface area contributed by atoms with Gasteiger partial charge in [-0.15, -0.1) is 0 Å². The zero-order chi connectivity index (χ0) is 25.8. The second kappa shape index (κ2) is 11.2. The number of nitrogens with zero attached hydrogens (tertiary/aromatic N) is 3. The van der Waals surface area contributed by atoms with Gasteiger partial charge in [-0.1, -0.05) is 41.9 Å². The highest BCUT2D eigenvalue weighted by Crippen LogP contribution is 2.27. The number of hydrogen-bond acceptors (Lipinski definition) is 4. The number of alkyl halides is 2. The van der Waals surface area contributed by atoms with Crippen molar-refractivity contribution in [2.45, 2.75) is 45.3 Å². The second-order valence-electron chi connectivity index (χ2n) is 8.99. The molecule has 1 N–H and O–H groups in total. The quantitative estimate of drug-likeness (QED) is 0.378. The number of nitrogens with one attached hydrogen (secondary N) is 1. The molecular weight excluding hydrogens is 534 g/mol. The van der Waals surface area contributed by atoms with Crippen molar-refractivity contribution in [2.75, 3.05) is 18.4 Å². The minimum atomic E-state index is -3.03. The van der Waals surface area contributed by atoms with Gasteiger partial charge in [0, 0.05) is 29.3 Å². The van der Waals surface area contributed by atoms with Gasteiger partial charge in [-0.25, -0.2) is 0 Å². The third kappa shape index (κ3) is 6.10. The highest BCUT2D eigenvalue weighted by molar-refractivity contribution is 9.10. The van der Waals surface area contributed by atoms with Gasteiger partial charge in [-0.05, 0) is 54.7 Å². The van der Waals surface area contributed by atoms with Crippen LogP contribution in [0.1, 0.15) is 64.9 Å². The zero-order valence-corrected chi connectivity index (χ0v) is 21.5. The van der Waals surface area contributed by atoms with E-state index in [0.29, 0.717) is 30.3 Å². The normalized spacial score (nSPS) is 14.4. The first-order valence-corrected chi connectivity index (χ1v) is 12.5. The van der Waals surface area contributed by atoms with E-state index >= 15 is 0 Å². The minimum absolute atomic E-state index is 0.00513. The Morgan fingerprint density at radius 2 is 1.86 bits per heavy atom. The van der Waals surface area contributed by atoms with Gasteiger partial charge < -0.3 is 15.0 Å². The van der Waals surface area contributed by atoms with Crippen LogP contribution in [0.5, 0.6) is 5.75 Å². The van der Waals surface area contributed by atoms with Crippen LogP contribution < -0.4 is 10.1 Å². The van der Waals surface area contributed by atoms with Crippen molar-refractivity contribution in [3.05, 3.63) is 76.0 Å². The zero-order valence-electron chi connectivity index (χ0n) is 20.0. The van der Waals surface area contributed by atoms with E-state index < -0.39 is 12.5 Å². The van der Waals surface area contributed by atoms with Gasteiger partial charge in [-0.2, -0.15) is 13.9 Å². The Labute approximate surface area is 216 Å². The predicted octanol–water partition coefficient (Wildman–Crippen LogP) is 6.10. The van der Waals surface area contributed by atoms with Crippen molar-refractivity contribution in [2.24, 2.45) is 0 Å². The first-order chi connectivity index (χ1) is 17.2. The smallest absolute Gasteiger partial charge is 0.387 e. The van der Waals surface area contributed by atoms with E-state index in [9.17, 15) is 18.4 Å². The molecule has 0 radical (unpaired) electrons. The van der Waals surface area contributed by atoms with E-state index in [1.165, 1.54) is 24.4 Å². The molecule has 1 fully saturated rings. The number of piperidine rings is 1. The van der Waals surface area contributed by atoms with Crippen LogP contribution in [-0.2, 0) is 0 Å². The summed E-state index contributed by atoms with van der Waals surface area (Å²) < 4.78 is 32.4. The molecule has 2 heterocycles. The molecule has 1 aromatic heterocycles. The van der Waals surface area contributed by atoms with Crippen LogP contribution >= 0.6 is 15.9 Å². The van der Waals surface area contributed by atoms with Gasteiger partial charge in [-0.3, -0.25) is 14.3 Å². The number of anilines is 1. The molecule has 1 saturated heterocycles. The molecule has 4 rings (SSSR count). The maximum absolute atomic E-state index is 13.1. The number of aromatic nitrogens is 2. The fraction of sp³-hybridized carbons (Fsp3) is 0.346. The molecule has 7 nitrogen and oxygen atoms in total. The van der Waals surface area contributed by atoms with Crippen LogP contribution in [0, 0.1) is 0 Å². The average Bonchev–Trinajstić information content (AvgIpc) is 3.31. The van der Waals surface area contributed by atoms with Gasteiger partial charge in [0.15, 0.2) is 0 Å². The molecule has 0 saturated carbocycles. The first-order valence-electron chi connectivity index (χ1n) is 11.7. The molecule has 2 amide bonds. The van der Waals surface area contributed by atoms with E-state index in [2.05, 4.69) is 44.9 Å². The summed E-state index contributed by atoms with van der Waals surface area (Å²) in [5.41, 5.74) is 2.23. The molecule has 1 aliphatic rings. The Balaban J connectivity index is 1.37. The molecule has 3 aromatic rings. The van der Waals surface area contributed by atoms with E-state index in [1.807, 2.05) is 23.1 Å². The van der Waals surface area contributed by atoms with Crippen LogP contribution in [0.25, 0.3) is 0 Å². The van der Waals surface area contributed by atoms with E-state index in [4.69, 9.17) is 0 Å². The van der Waals surface area contributed by atoms with E-state index in [0.717, 1.165) is 22.9 Å². The number of carbonyl (C=O) groups is 2. The summed E-state index contributed by atoms with van der Waals surface area (Å²) in [6.45, 7) is 2.34. The lowest BCUT2D eigenvalue weighted by atomic mass is 9.99. The molecule has 0 bridgehead atoms. The molecule has 0 spiro atoms. The first kappa shape index (κ1) is 25.8. The molecule has 10 heteroatoms. The largest absolute Gasteiger partial charge is 0.434 e. The lowest BCUT2D eigenvalue weighted by Gasteiger charge is -2.32. The van der Waals surface area contributed by atoms with Crippen molar-refractivity contribution in [1.29, 1.82) is 0 Å². The monoisotopic (exact) mass is 560 g/mol. The van der Waals surface area contributed by atoms with Gasteiger partial charge in [0.1, 0.15) is 5.75 Å². The second-order valence-corrected chi connectivity index (χ2v) is 9.90. The molecule has 0 atom stereocenters. The standard InChI is InChI=1S/C26H27BrF2N4O3/c1-16(2)17-11-18(13-19(27)12-17)25(35)32-9-7-21(8-10-32)33-15-20(14-30-33)31-24(34)22-5-3-4-6-23(22)36-26(28)29/h3-6,11-16,21,26H,7-10H2,1-2H3,(H,31,34). The molecule has 0 aliphatic carbocycles. The van der Waals surface area contributed by atoms with E-state index in [-0.39, 0.29) is 23.3 Å². The summed E-state index contributed by atoms with van der Waals surface area (Å²) in [6, 6.07) is 11.7. The van der Waals surface area contributed by atoms with Gasteiger partial charge in [0.05, 0.1) is 23.5 Å². The Hall–Kier alpha value is -3.27. The van der Waals surface area contributed by atoms with Crippen LogP contribution in [0.2, 0.25) is 0 Å². The summed E-state index contributed by atoms with van der Waals surface area (Å²) in [5, 5.41) is 7.05. The minimum Gasteiger partial charge on any atom is -0.434 e. The maximum atomic E-state index is 13.1. The number of halogens is 3. The Morgan fingerprint density at radius 3 is 2.56 bits per heavy atom. The molecule has 2 aromatic carbocycles. The Kier molecular flexibility index (Phi) is 8.03. The predicted molar refractivity (Wildman–Crippen MR) is 136 cm³/mol. The number of para-hydroxylation sites is 1. The number of likely N-dealkylation sites (tertiary alicyclic amines) is 1. The molecule has 36 heavy (non-hydrogen) atoms. The lowest BCUT2D eigenvalue weighted by molar-refractivity contribution is -0.0501. The number of amides is 2. The summed E-state index contributed by atoms with van der Waals surface area (Å²) in [7, 11) is 0. The Morgan fingerprint density at radius 1 is 1.14 bits per heavy atom. The third-order valence-electron chi connectivity index (χ3n) is 6.17. The molecule has 190 valence electrons. The maximum Gasteiger partial charge on any atom is 0.387 e. The average molecular weight is 561 g/mol. The number of benzene rings is 2. The number of hydrogen-bond donors (Lipinski definition) is 1. The summed E-state index contributed by atoms with van der Waals surface area (Å²) in [6.07, 6.45) is 4.66. The van der Waals surface area contributed by atoms with Crippen LogP contribution in [0.15, 0.2) is 59.3 Å². The molecule has 0 unspecified atom stereocenters. The van der Waals surface area contributed by atoms with Gasteiger partial charge >= 0.3 is 6.61 Å². The Bertz CT molecular complexity index is 1240. The number of ether oxygens (including phenoxy) is 1. The summed E-state index contributed by atoms with van der Waals surface area (Å²) in [4.78, 5) is 27.6. The lowest BCUT2D eigenvalue weighted by Crippen LogP contribution is -2.39. The van der Waals surface area contributed by atoms with Gasteiger partial charge in [0.2, 0.25) is 0 Å². The van der Waals surface area contributed by atoms with Crippen LogP contribution in [0.3, 0.4) is 0 Å². The van der Waals surface area contributed by atoms with Crippen molar-refractivity contribution >= 4 is 33.4 Å². The number of rotatable bonds is 7. The van der Waals surface area contributed by atoms with Crippen molar-refractivity contribution in [3.8, 4) is 5.75 Å². The fourth-order valence-electron chi connectivity index (χ4n) is 4.24. The van der Waals surface area contributed by atoms with Crippen LogP contribution in [-0.4, -0.2) is 46.2 Å². The van der Waals surface area contributed by atoms with Crippen molar-refractivity contribution in [3.63, 3.8) is 0 Å². The molecule has 1 aliphatic heterocycles.